The van der Waals surface area contributed by atoms with Gasteiger partial charge in [-0.1, -0.05) is 19.1 Å². The second-order valence-electron chi connectivity index (χ2n) is 7.45. The number of rotatable bonds is 5. The summed E-state index contributed by atoms with van der Waals surface area (Å²) in [6, 6.07) is 12.0. The number of hydrogen-bond acceptors (Lipinski definition) is 4. The maximum atomic E-state index is 12.4. The molecule has 1 N–H and O–H groups in total. The van der Waals surface area contributed by atoms with Crippen LogP contribution in [0.15, 0.2) is 36.4 Å². The van der Waals surface area contributed by atoms with Crippen LogP contribution in [0, 0.1) is 0 Å². The van der Waals surface area contributed by atoms with Gasteiger partial charge in [-0.3, -0.25) is 0 Å². The molecule has 2 aromatic carbocycles. The van der Waals surface area contributed by atoms with Crippen LogP contribution in [0.5, 0.6) is 5.75 Å². The second kappa shape index (κ2) is 7.28. The summed E-state index contributed by atoms with van der Waals surface area (Å²) in [4.78, 5) is 20.7. The van der Waals surface area contributed by atoms with Gasteiger partial charge in [0.1, 0.15) is 11.3 Å². The van der Waals surface area contributed by atoms with E-state index in [4.69, 9.17) is 14.5 Å². The Bertz CT molecular complexity index is 1220. The second-order valence-corrected chi connectivity index (χ2v) is 7.45. The predicted octanol–water partition coefficient (Wildman–Crippen LogP) is 4.86. The molecule has 0 unspecified atom stereocenters. The lowest BCUT2D eigenvalue weighted by atomic mass is 10.1. The highest BCUT2D eigenvalue weighted by atomic mass is 16.5. The Labute approximate surface area is 169 Å². The number of imidazole rings is 1. The zero-order chi connectivity index (χ0) is 20.7. The number of ether oxygens (including phenoxy) is 2. The number of esters is 1. The normalized spacial score (nSPS) is 11.5. The molecule has 4 rings (SSSR count). The van der Waals surface area contributed by atoms with Crippen molar-refractivity contribution in [2.75, 3.05) is 7.11 Å². The molecule has 0 radical (unpaired) electrons. The Hall–Kier alpha value is -3.28. The number of carbonyl (C=O) groups is 1. The number of aromatic nitrogens is 3. The zero-order valence-electron chi connectivity index (χ0n) is 17.4. The van der Waals surface area contributed by atoms with E-state index >= 15 is 0 Å². The minimum absolute atomic E-state index is 0.192. The van der Waals surface area contributed by atoms with Gasteiger partial charge in [-0.15, -0.1) is 0 Å². The van der Waals surface area contributed by atoms with E-state index < -0.39 is 0 Å². The molecule has 0 saturated heterocycles. The number of nitrogens with zero attached hydrogens (tertiary/aromatic N) is 2. The molecule has 2 aromatic heterocycles. The molecular formula is C23H25N3O3. The maximum Gasteiger partial charge on any atom is 0.338 e. The lowest BCUT2D eigenvalue weighted by molar-refractivity contribution is 0.0377. The van der Waals surface area contributed by atoms with Crippen LogP contribution < -0.4 is 4.74 Å². The summed E-state index contributed by atoms with van der Waals surface area (Å²) in [5.74, 6) is 0.982. The molecule has 6 nitrogen and oxygen atoms in total. The number of aromatic amines is 1. The Balaban J connectivity index is 1.86. The van der Waals surface area contributed by atoms with Gasteiger partial charge in [0.2, 0.25) is 0 Å². The van der Waals surface area contributed by atoms with Crippen molar-refractivity contribution in [1.29, 1.82) is 0 Å². The van der Waals surface area contributed by atoms with E-state index in [0.29, 0.717) is 16.8 Å². The Morgan fingerprint density at radius 2 is 2.00 bits per heavy atom. The fourth-order valence-electron chi connectivity index (χ4n) is 3.62. The molecule has 150 valence electrons. The van der Waals surface area contributed by atoms with Crippen molar-refractivity contribution in [2.24, 2.45) is 7.05 Å². The highest BCUT2D eigenvalue weighted by Crippen LogP contribution is 2.33. The van der Waals surface area contributed by atoms with E-state index in [1.54, 1.807) is 19.2 Å². The van der Waals surface area contributed by atoms with Crippen LogP contribution >= 0.6 is 0 Å². The molecule has 6 heteroatoms. The Morgan fingerprint density at radius 3 is 2.69 bits per heavy atom. The SMILES string of the molecule is CCc1ccc2cc(-c3nc4cc(C(=O)OC(C)C)cc(OC)c4n3C)[nH]c2c1. The van der Waals surface area contributed by atoms with Gasteiger partial charge in [-0.2, -0.15) is 0 Å². The van der Waals surface area contributed by atoms with Crippen molar-refractivity contribution in [3.05, 3.63) is 47.5 Å². The quantitative estimate of drug-likeness (QED) is 0.493. The number of benzene rings is 2. The van der Waals surface area contributed by atoms with E-state index in [0.717, 1.165) is 34.4 Å². The monoisotopic (exact) mass is 391 g/mol. The Kier molecular flexibility index (Phi) is 4.78. The summed E-state index contributed by atoms with van der Waals surface area (Å²) in [5, 5.41) is 1.14. The first kappa shape index (κ1) is 19.1. The van der Waals surface area contributed by atoms with Crippen molar-refractivity contribution in [3.63, 3.8) is 0 Å². The van der Waals surface area contributed by atoms with Crippen LogP contribution in [0.3, 0.4) is 0 Å². The minimum Gasteiger partial charge on any atom is -0.494 e. The van der Waals surface area contributed by atoms with Crippen molar-refractivity contribution in [3.8, 4) is 17.3 Å². The fraction of sp³-hybridized carbons (Fsp3) is 0.304. The topological polar surface area (TPSA) is 69.1 Å². The molecule has 29 heavy (non-hydrogen) atoms. The summed E-state index contributed by atoms with van der Waals surface area (Å²) < 4.78 is 12.9. The summed E-state index contributed by atoms with van der Waals surface area (Å²) in [5.41, 5.74) is 5.23. The predicted molar refractivity (Wildman–Crippen MR) is 114 cm³/mol. The fourth-order valence-corrected chi connectivity index (χ4v) is 3.62. The standard InChI is InChI=1S/C23H25N3O3/c1-6-14-7-8-15-10-19(24-17(15)9-14)22-25-18-11-16(23(27)29-13(2)3)12-20(28-5)21(18)26(22)4/h7-13,24H,6H2,1-5H3. The summed E-state index contributed by atoms with van der Waals surface area (Å²) in [7, 11) is 3.54. The van der Waals surface area contributed by atoms with Crippen LogP contribution in [0.25, 0.3) is 33.5 Å². The molecule has 0 atom stereocenters. The number of nitrogens with one attached hydrogen (secondary N) is 1. The van der Waals surface area contributed by atoms with E-state index in [9.17, 15) is 4.79 Å². The van der Waals surface area contributed by atoms with Crippen molar-refractivity contribution < 1.29 is 14.3 Å². The van der Waals surface area contributed by atoms with Crippen LogP contribution in [-0.2, 0) is 18.2 Å². The molecule has 0 amide bonds. The van der Waals surface area contributed by atoms with E-state index in [2.05, 4.69) is 36.2 Å². The van der Waals surface area contributed by atoms with Crippen LogP contribution in [0.2, 0.25) is 0 Å². The van der Waals surface area contributed by atoms with Crippen molar-refractivity contribution >= 4 is 27.9 Å². The molecule has 0 aliphatic heterocycles. The summed E-state index contributed by atoms with van der Waals surface area (Å²) in [6.07, 6.45) is 0.797. The lowest BCUT2D eigenvalue weighted by Crippen LogP contribution is -2.11. The third-order valence-corrected chi connectivity index (χ3v) is 5.07. The lowest BCUT2D eigenvalue weighted by Gasteiger charge is -2.10. The molecule has 0 saturated carbocycles. The average molecular weight is 391 g/mol. The Morgan fingerprint density at radius 1 is 1.21 bits per heavy atom. The molecule has 2 heterocycles. The van der Waals surface area contributed by atoms with Crippen LogP contribution in [-0.4, -0.2) is 33.7 Å². The number of hydrogen-bond donors (Lipinski definition) is 1. The average Bonchev–Trinajstić information content (AvgIpc) is 3.26. The molecule has 0 fully saturated rings. The number of H-pyrrole nitrogens is 1. The first-order valence-corrected chi connectivity index (χ1v) is 9.78. The third kappa shape index (κ3) is 3.35. The molecule has 0 spiro atoms. The van der Waals surface area contributed by atoms with Crippen LogP contribution in [0.4, 0.5) is 0 Å². The van der Waals surface area contributed by atoms with E-state index in [1.165, 1.54) is 5.56 Å². The van der Waals surface area contributed by atoms with Crippen molar-refractivity contribution in [1.82, 2.24) is 14.5 Å². The summed E-state index contributed by atoms with van der Waals surface area (Å²) in [6.45, 7) is 5.80. The van der Waals surface area contributed by atoms with Gasteiger partial charge in [0.25, 0.3) is 0 Å². The van der Waals surface area contributed by atoms with Crippen molar-refractivity contribution in [2.45, 2.75) is 33.3 Å². The minimum atomic E-state index is -0.384. The highest BCUT2D eigenvalue weighted by molar-refractivity contribution is 5.97. The van der Waals surface area contributed by atoms with Gasteiger partial charge in [-0.25, -0.2) is 9.78 Å². The number of fused-ring (bicyclic) bond motifs is 2. The number of aryl methyl sites for hydroxylation is 2. The molecule has 0 aliphatic rings. The maximum absolute atomic E-state index is 12.4. The van der Waals surface area contributed by atoms with E-state index in [-0.39, 0.29) is 12.1 Å². The number of methoxy groups -OCH3 is 1. The molecular weight excluding hydrogens is 366 g/mol. The first-order valence-electron chi connectivity index (χ1n) is 9.78. The van der Waals surface area contributed by atoms with Gasteiger partial charge >= 0.3 is 5.97 Å². The number of carbonyl (C=O) groups excluding carboxylic acids is 1. The van der Waals surface area contributed by atoms with Gasteiger partial charge in [0.05, 0.1) is 30.0 Å². The highest BCUT2D eigenvalue weighted by Gasteiger charge is 2.20. The molecule has 0 aliphatic carbocycles. The molecule has 0 bridgehead atoms. The largest absolute Gasteiger partial charge is 0.494 e. The van der Waals surface area contributed by atoms with Gasteiger partial charge in [0, 0.05) is 18.0 Å². The zero-order valence-corrected chi connectivity index (χ0v) is 17.4. The van der Waals surface area contributed by atoms with Gasteiger partial charge in [0.15, 0.2) is 5.82 Å². The first-order chi connectivity index (χ1) is 13.9. The smallest absolute Gasteiger partial charge is 0.338 e. The van der Waals surface area contributed by atoms with E-state index in [1.807, 2.05) is 25.5 Å². The van der Waals surface area contributed by atoms with Gasteiger partial charge < -0.3 is 19.0 Å². The molecule has 4 aromatic rings. The third-order valence-electron chi connectivity index (χ3n) is 5.07. The van der Waals surface area contributed by atoms with Gasteiger partial charge in [-0.05, 0) is 50.1 Å². The van der Waals surface area contributed by atoms with Crippen LogP contribution in [0.1, 0.15) is 36.7 Å². The summed E-state index contributed by atoms with van der Waals surface area (Å²) >= 11 is 0.